The van der Waals surface area contributed by atoms with Gasteiger partial charge in [0.25, 0.3) is 0 Å². The highest BCUT2D eigenvalue weighted by Gasteiger charge is 2.19. The molecule has 8 rings (SSSR count). The summed E-state index contributed by atoms with van der Waals surface area (Å²) >= 11 is 1.87. The minimum Gasteiger partial charge on any atom is -0.135 e. The molecule has 0 aliphatic carbocycles. The first-order valence-electron chi connectivity index (χ1n) is 15.1. The molecule has 7 aromatic carbocycles. The second kappa shape index (κ2) is 10.8. The lowest BCUT2D eigenvalue weighted by atomic mass is 9.85. The van der Waals surface area contributed by atoms with E-state index >= 15 is 0 Å². The minimum absolute atomic E-state index is 1.17. The molecule has 0 nitrogen and oxygen atoms in total. The van der Waals surface area contributed by atoms with Gasteiger partial charge in [-0.3, -0.25) is 0 Å². The molecule has 0 fully saturated rings. The Hall–Kier alpha value is -5.24. The molecule has 0 saturated heterocycles. The van der Waals surface area contributed by atoms with Gasteiger partial charge in [0.05, 0.1) is 0 Å². The van der Waals surface area contributed by atoms with E-state index < -0.39 is 0 Å². The molecule has 0 unspecified atom stereocenters. The number of aryl methyl sites for hydroxylation is 1. The number of rotatable bonds is 5. The van der Waals surface area contributed by atoms with Crippen LogP contribution in [-0.2, 0) is 0 Å². The second-order valence-electron chi connectivity index (χ2n) is 11.3. The van der Waals surface area contributed by atoms with E-state index in [1.165, 1.54) is 86.6 Å². The Morgan fingerprint density at radius 3 is 1.70 bits per heavy atom. The van der Waals surface area contributed by atoms with Gasteiger partial charge in [0.2, 0.25) is 0 Å². The average molecular weight is 579 g/mol. The van der Waals surface area contributed by atoms with Crippen LogP contribution >= 0.6 is 11.3 Å². The molecule has 0 radical (unpaired) electrons. The van der Waals surface area contributed by atoms with Crippen LogP contribution in [0.15, 0.2) is 152 Å². The van der Waals surface area contributed by atoms with Crippen LogP contribution in [0.4, 0.5) is 0 Å². The monoisotopic (exact) mass is 578 g/mol. The highest BCUT2D eigenvalue weighted by Crippen LogP contribution is 2.46. The molecule has 8 aromatic rings. The van der Waals surface area contributed by atoms with Crippen molar-refractivity contribution in [1.29, 1.82) is 0 Å². The Morgan fingerprint density at radius 2 is 1.02 bits per heavy atom. The molecule has 1 heteroatoms. The van der Waals surface area contributed by atoms with Crippen LogP contribution in [0.3, 0.4) is 0 Å². The van der Waals surface area contributed by atoms with Gasteiger partial charge in [-0.25, -0.2) is 0 Å². The van der Waals surface area contributed by atoms with E-state index in [1.807, 2.05) is 17.4 Å². The molecule has 0 saturated carbocycles. The standard InChI is InChI=1S/C43H30S/c1-3-29-15-7-8-20-34(29)43-28(2)40-33(25-14-26-39(40)44-43)31-18-13-19-32(27-31)42-37-23-11-9-21-35(37)41(30-16-5-4-6-17-30)36-22-10-12-24-38(36)42/h3-27H,1H2,2H3. The Bertz CT molecular complexity index is 2300. The first-order chi connectivity index (χ1) is 21.7. The summed E-state index contributed by atoms with van der Waals surface area (Å²) in [5.41, 5.74) is 11.3. The van der Waals surface area contributed by atoms with E-state index in [9.17, 15) is 0 Å². The zero-order chi connectivity index (χ0) is 29.6. The van der Waals surface area contributed by atoms with Crippen LogP contribution in [0.5, 0.6) is 0 Å². The zero-order valence-corrected chi connectivity index (χ0v) is 25.4. The molecule has 0 amide bonds. The van der Waals surface area contributed by atoms with Gasteiger partial charge in [0.1, 0.15) is 0 Å². The molecule has 1 heterocycles. The molecule has 0 N–H and O–H groups in total. The van der Waals surface area contributed by atoms with Gasteiger partial charge in [-0.05, 0) is 90.7 Å². The predicted molar refractivity (Wildman–Crippen MR) is 193 cm³/mol. The van der Waals surface area contributed by atoms with Crippen LogP contribution in [0.1, 0.15) is 11.1 Å². The number of benzene rings is 7. The Morgan fingerprint density at radius 1 is 0.500 bits per heavy atom. The van der Waals surface area contributed by atoms with Crippen molar-refractivity contribution in [2.75, 3.05) is 0 Å². The van der Waals surface area contributed by atoms with Crippen molar-refractivity contribution in [2.24, 2.45) is 0 Å². The van der Waals surface area contributed by atoms with Crippen LogP contribution in [0.2, 0.25) is 0 Å². The smallest absolute Gasteiger partial charge is 0.0390 e. The van der Waals surface area contributed by atoms with Crippen LogP contribution in [0.25, 0.3) is 81.5 Å². The molecule has 44 heavy (non-hydrogen) atoms. The maximum Gasteiger partial charge on any atom is 0.0390 e. The van der Waals surface area contributed by atoms with E-state index in [0.717, 1.165) is 0 Å². The average Bonchev–Trinajstić information content (AvgIpc) is 3.43. The molecular weight excluding hydrogens is 549 g/mol. The summed E-state index contributed by atoms with van der Waals surface area (Å²) in [4.78, 5) is 1.31. The molecule has 0 spiro atoms. The van der Waals surface area contributed by atoms with Crippen molar-refractivity contribution in [3.63, 3.8) is 0 Å². The molecule has 0 aliphatic rings. The van der Waals surface area contributed by atoms with Gasteiger partial charge in [-0.1, -0.05) is 146 Å². The van der Waals surface area contributed by atoms with Crippen molar-refractivity contribution in [3.05, 3.63) is 163 Å². The number of hydrogen-bond acceptors (Lipinski definition) is 1. The molecular formula is C43H30S. The van der Waals surface area contributed by atoms with Gasteiger partial charge in [0, 0.05) is 15.0 Å². The summed E-state index contributed by atoms with van der Waals surface area (Å²) in [6.07, 6.45) is 1.96. The van der Waals surface area contributed by atoms with Crippen molar-refractivity contribution < 1.29 is 0 Å². The summed E-state index contributed by atoms with van der Waals surface area (Å²) in [5.74, 6) is 0. The van der Waals surface area contributed by atoms with Crippen LogP contribution < -0.4 is 0 Å². The van der Waals surface area contributed by atoms with E-state index in [0.29, 0.717) is 0 Å². The highest BCUT2D eigenvalue weighted by molar-refractivity contribution is 7.22. The third-order valence-corrected chi connectivity index (χ3v) is 10.1. The zero-order valence-electron chi connectivity index (χ0n) is 24.5. The molecule has 208 valence electrons. The van der Waals surface area contributed by atoms with Crippen LogP contribution in [0, 0.1) is 6.92 Å². The van der Waals surface area contributed by atoms with Gasteiger partial charge in [-0.2, -0.15) is 0 Å². The van der Waals surface area contributed by atoms with E-state index in [2.05, 4.69) is 159 Å². The fourth-order valence-electron chi connectivity index (χ4n) is 6.88. The Balaban J connectivity index is 1.37. The SMILES string of the molecule is C=Cc1ccccc1-c1sc2cccc(-c3cccc(-c4c5ccccc5c(-c5ccccc5)c5ccccc45)c3)c2c1C. The van der Waals surface area contributed by atoms with Crippen molar-refractivity contribution >= 4 is 49.0 Å². The second-order valence-corrected chi connectivity index (χ2v) is 12.4. The predicted octanol–water partition coefficient (Wildman–Crippen LogP) is 12.8. The summed E-state index contributed by atoms with van der Waals surface area (Å²) in [5, 5.41) is 6.43. The van der Waals surface area contributed by atoms with Crippen LogP contribution in [-0.4, -0.2) is 0 Å². The quantitative estimate of drug-likeness (QED) is 0.178. The normalized spacial score (nSPS) is 11.4. The van der Waals surface area contributed by atoms with Crippen molar-refractivity contribution in [3.8, 4) is 43.8 Å². The number of thiophene rings is 1. The summed E-state index contributed by atoms with van der Waals surface area (Å²) in [6, 6.07) is 53.0. The van der Waals surface area contributed by atoms with Gasteiger partial charge in [0.15, 0.2) is 0 Å². The third kappa shape index (κ3) is 4.20. The first-order valence-corrected chi connectivity index (χ1v) is 15.9. The van der Waals surface area contributed by atoms with Crippen molar-refractivity contribution in [2.45, 2.75) is 6.92 Å². The summed E-state index contributed by atoms with van der Waals surface area (Å²) < 4.78 is 1.31. The lowest BCUT2D eigenvalue weighted by Gasteiger charge is -2.18. The van der Waals surface area contributed by atoms with E-state index in [4.69, 9.17) is 0 Å². The van der Waals surface area contributed by atoms with Gasteiger partial charge >= 0.3 is 0 Å². The first kappa shape index (κ1) is 26.4. The van der Waals surface area contributed by atoms with Gasteiger partial charge < -0.3 is 0 Å². The third-order valence-electron chi connectivity index (χ3n) is 8.84. The number of hydrogen-bond donors (Lipinski definition) is 0. The lowest BCUT2D eigenvalue weighted by molar-refractivity contribution is 1.55. The Kier molecular flexibility index (Phi) is 6.47. The maximum atomic E-state index is 4.07. The summed E-state index contributed by atoms with van der Waals surface area (Å²) in [6.45, 7) is 6.34. The summed E-state index contributed by atoms with van der Waals surface area (Å²) in [7, 11) is 0. The van der Waals surface area contributed by atoms with Gasteiger partial charge in [-0.15, -0.1) is 11.3 Å². The van der Waals surface area contributed by atoms with Crippen molar-refractivity contribution in [1.82, 2.24) is 0 Å². The molecule has 0 atom stereocenters. The topological polar surface area (TPSA) is 0 Å². The fourth-order valence-corrected chi connectivity index (χ4v) is 8.16. The fraction of sp³-hybridized carbons (Fsp3) is 0.0233. The molecule has 0 aliphatic heterocycles. The molecule has 0 bridgehead atoms. The van der Waals surface area contributed by atoms with E-state index in [-0.39, 0.29) is 0 Å². The molecule has 1 aromatic heterocycles. The minimum atomic E-state index is 1.17. The number of fused-ring (bicyclic) bond motifs is 3. The highest BCUT2D eigenvalue weighted by atomic mass is 32.1. The largest absolute Gasteiger partial charge is 0.135 e. The lowest BCUT2D eigenvalue weighted by Crippen LogP contribution is -1.91. The van der Waals surface area contributed by atoms with E-state index in [1.54, 1.807) is 0 Å². The maximum absolute atomic E-state index is 4.07. The Labute approximate surface area is 262 Å².